The number of nitrogens with one attached hydrogen (secondary N) is 1. The van der Waals surface area contributed by atoms with Crippen LogP contribution in [0.2, 0.25) is 0 Å². The second kappa shape index (κ2) is 9.82. The summed E-state index contributed by atoms with van der Waals surface area (Å²) in [6.07, 6.45) is 1.73. The van der Waals surface area contributed by atoms with E-state index in [4.69, 9.17) is 13.8 Å². The summed E-state index contributed by atoms with van der Waals surface area (Å²) < 4.78 is 30.3. The summed E-state index contributed by atoms with van der Waals surface area (Å²) >= 11 is 0. The first kappa shape index (κ1) is 23.9. The highest BCUT2D eigenvalue weighted by atomic mass is 31.2. The van der Waals surface area contributed by atoms with Gasteiger partial charge in [-0.3, -0.25) is 19.0 Å². The Morgan fingerprint density at radius 3 is 2.45 bits per heavy atom. The lowest BCUT2D eigenvalue weighted by molar-refractivity contribution is -0.148. The Morgan fingerprint density at radius 2 is 1.87 bits per heavy atom. The van der Waals surface area contributed by atoms with Crippen LogP contribution >= 0.6 is 7.75 Å². The summed E-state index contributed by atoms with van der Waals surface area (Å²) in [6, 6.07) is 7.24. The molecule has 0 aromatic heterocycles. The van der Waals surface area contributed by atoms with E-state index in [9.17, 15) is 14.2 Å². The highest BCUT2D eigenvalue weighted by Crippen LogP contribution is 2.45. The van der Waals surface area contributed by atoms with Crippen LogP contribution in [0, 0.1) is 11.3 Å². The Bertz CT molecular complexity index is 817. The molecule has 3 aliphatic rings. The molecule has 3 heterocycles. The van der Waals surface area contributed by atoms with Gasteiger partial charge in [-0.2, -0.15) is 5.09 Å². The van der Waals surface area contributed by atoms with Gasteiger partial charge < -0.3 is 9.26 Å². The summed E-state index contributed by atoms with van der Waals surface area (Å²) in [7, 11) is -3.96. The Morgan fingerprint density at radius 1 is 1.23 bits per heavy atom. The topological polar surface area (TPSA) is 94.2 Å². The van der Waals surface area contributed by atoms with Gasteiger partial charge in [0.1, 0.15) is 11.8 Å². The van der Waals surface area contributed by atoms with Gasteiger partial charge in [0.15, 0.2) is 5.78 Å². The maximum Gasteiger partial charge on any atom is 0.459 e. The van der Waals surface area contributed by atoms with Gasteiger partial charge in [-0.1, -0.05) is 39.0 Å². The summed E-state index contributed by atoms with van der Waals surface area (Å²) in [6.45, 7) is 9.24. The fraction of sp³-hybridized carbons (Fsp3) is 0.636. The standard InChI is InChI=1S/C22H33N2O6P/c1-16(21(26)28-15-22(2,3)4)23-31(27,30-18-8-6-5-7-9-18)29-14-19-20(25)17-10-12-24(19)13-11-17/h5-9,16-17,19H,10-15H2,1-4H3,(H,23,27)/t16-,19?,31?/m0/s1. The van der Waals surface area contributed by atoms with Crippen molar-refractivity contribution >= 4 is 19.5 Å². The van der Waals surface area contributed by atoms with Crippen LogP contribution in [-0.2, 0) is 23.4 Å². The van der Waals surface area contributed by atoms with Gasteiger partial charge in [0.05, 0.1) is 19.3 Å². The van der Waals surface area contributed by atoms with Crippen molar-refractivity contribution in [2.24, 2.45) is 11.3 Å². The third kappa shape index (κ3) is 6.62. The van der Waals surface area contributed by atoms with Gasteiger partial charge >= 0.3 is 13.7 Å². The smallest absolute Gasteiger partial charge is 0.459 e. The monoisotopic (exact) mass is 452 g/mol. The van der Waals surface area contributed by atoms with Crippen LogP contribution in [0.15, 0.2) is 30.3 Å². The minimum absolute atomic E-state index is 0.0484. The molecule has 2 bridgehead atoms. The minimum atomic E-state index is -3.96. The molecule has 4 rings (SSSR count). The number of esters is 1. The fourth-order valence-electron chi connectivity index (χ4n) is 3.72. The summed E-state index contributed by atoms with van der Waals surface area (Å²) in [5.74, 6) is -0.0361. The molecule has 3 aliphatic heterocycles. The van der Waals surface area contributed by atoms with Crippen LogP contribution in [0.25, 0.3) is 0 Å². The van der Waals surface area contributed by atoms with Crippen LogP contribution in [0.5, 0.6) is 5.75 Å². The molecular weight excluding hydrogens is 419 g/mol. The van der Waals surface area contributed by atoms with Crippen molar-refractivity contribution in [1.29, 1.82) is 0 Å². The molecular formula is C22H33N2O6P. The molecule has 8 nitrogen and oxygen atoms in total. The van der Waals surface area contributed by atoms with E-state index in [2.05, 4.69) is 9.99 Å². The molecule has 0 spiro atoms. The van der Waals surface area contributed by atoms with E-state index in [0.29, 0.717) is 5.75 Å². The van der Waals surface area contributed by atoms with Gasteiger partial charge in [-0.25, -0.2) is 4.57 Å². The number of rotatable bonds is 9. The number of fused-ring (bicyclic) bond motifs is 3. The number of hydrogen-bond acceptors (Lipinski definition) is 7. The zero-order chi connectivity index (χ0) is 22.6. The third-order valence-electron chi connectivity index (χ3n) is 5.43. The van der Waals surface area contributed by atoms with E-state index in [1.165, 1.54) is 0 Å². The Labute approximate surface area is 184 Å². The first-order valence-electron chi connectivity index (χ1n) is 10.8. The van der Waals surface area contributed by atoms with Crippen molar-refractivity contribution < 1.29 is 27.9 Å². The molecule has 2 unspecified atom stereocenters. The molecule has 1 N–H and O–H groups in total. The predicted molar refractivity (Wildman–Crippen MR) is 117 cm³/mol. The summed E-state index contributed by atoms with van der Waals surface area (Å²) in [4.78, 5) is 27.1. The number of hydrogen-bond donors (Lipinski definition) is 1. The maximum atomic E-state index is 13.6. The number of carbonyl (C=O) groups is 2. The number of nitrogens with zero attached hydrogens (tertiary/aromatic N) is 1. The van der Waals surface area contributed by atoms with Crippen molar-refractivity contribution in [2.45, 2.75) is 52.6 Å². The van der Waals surface area contributed by atoms with Crippen molar-refractivity contribution in [1.82, 2.24) is 9.99 Å². The predicted octanol–water partition coefficient (Wildman–Crippen LogP) is 3.42. The fourth-order valence-corrected chi connectivity index (χ4v) is 5.21. The molecule has 1 aromatic carbocycles. The Balaban J connectivity index is 1.68. The Kier molecular flexibility index (Phi) is 7.58. The molecule has 1 aromatic rings. The molecule has 3 atom stereocenters. The number of Topliss-reactive ketones (excluding diaryl/α,β-unsaturated/α-hetero) is 1. The molecule has 9 heteroatoms. The van der Waals surface area contributed by atoms with Gasteiger partial charge in [0.25, 0.3) is 0 Å². The molecule has 0 aliphatic carbocycles. The zero-order valence-corrected chi connectivity index (χ0v) is 19.6. The minimum Gasteiger partial charge on any atom is -0.464 e. The van der Waals surface area contributed by atoms with E-state index >= 15 is 0 Å². The van der Waals surface area contributed by atoms with Crippen molar-refractivity contribution in [3.05, 3.63) is 30.3 Å². The first-order chi connectivity index (χ1) is 14.6. The number of piperidine rings is 3. The SMILES string of the molecule is C[C@H](NP(=O)(OCC1C(=O)C2CCN1CC2)Oc1ccccc1)C(=O)OCC(C)(C)C. The Hall–Kier alpha value is -1.73. The second-order valence-corrected chi connectivity index (χ2v) is 11.1. The van der Waals surface area contributed by atoms with Crippen LogP contribution in [0.4, 0.5) is 0 Å². The van der Waals surface area contributed by atoms with Gasteiger partial charge in [0, 0.05) is 5.92 Å². The lowest BCUT2D eigenvalue weighted by atomic mass is 9.82. The zero-order valence-electron chi connectivity index (χ0n) is 18.7. The number of benzene rings is 1. The summed E-state index contributed by atoms with van der Waals surface area (Å²) in [5.41, 5.74) is -0.189. The maximum absolute atomic E-state index is 13.6. The largest absolute Gasteiger partial charge is 0.464 e. The number of ether oxygens (including phenoxy) is 1. The third-order valence-corrected chi connectivity index (χ3v) is 7.07. The van der Waals surface area contributed by atoms with Gasteiger partial charge in [-0.15, -0.1) is 0 Å². The molecule has 0 radical (unpaired) electrons. The molecule has 3 saturated heterocycles. The van der Waals surface area contributed by atoms with Gasteiger partial charge in [-0.05, 0) is 50.4 Å². The molecule has 172 valence electrons. The number of para-hydroxylation sites is 1. The number of carbonyl (C=O) groups excluding carboxylic acids is 2. The van der Waals surface area contributed by atoms with Crippen molar-refractivity contribution in [3.8, 4) is 5.75 Å². The normalized spacial score (nSPS) is 26.2. The van der Waals surface area contributed by atoms with Crippen molar-refractivity contribution in [2.75, 3.05) is 26.3 Å². The lowest BCUT2D eigenvalue weighted by Crippen LogP contribution is -2.57. The molecule has 0 amide bonds. The first-order valence-corrected chi connectivity index (χ1v) is 12.3. The van der Waals surface area contributed by atoms with E-state index in [1.54, 1.807) is 31.2 Å². The second-order valence-electron chi connectivity index (χ2n) is 9.45. The quantitative estimate of drug-likeness (QED) is 0.450. The average Bonchev–Trinajstić information content (AvgIpc) is 2.72. The highest BCUT2D eigenvalue weighted by molar-refractivity contribution is 7.52. The average molecular weight is 452 g/mol. The lowest BCUT2D eigenvalue weighted by Gasteiger charge is -2.43. The van der Waals surface area contributed by atoms with Crippen LogP contribution < -0.4 is 9.61 Å². The van der Waals surface area contributed by atoms with Gasteiger partial charge in [0.2, 0.25) is 0 Å². The van der Waals surface area contributed by atoms with E-state index in [-0.39, 0.29) is 30.3 Å². The highest BCUT2D eigenvalue weighted by Gasteiger charge is 2.43. The van der Waals surface area contributed by atoms with Crippen molar-refractivity contribution in [3.63, 3.8) is 0 Å². The van der Waals surface area contributed by atoms with E-state index in [0.717, 1.165) is 25.9 Å². The van der Waals surface area contributed by atoms with Crippen LogP contribution in [0.3, 0.4) is 0 Å². The van der Waals surface area contributed by atoms with Crippen LogP contribution in [0.1, 0.15) is 40.5 Å². The molecule has 31 heavy (non-hydrogen) atoms. The summed E-state index contributed by atoms with van der Waals surface area (Å²) in [5, 5.41) is 2.68. The van der Waals surface area contributed by atoms with Crippen LogP contribution in [-0.4, -0.2) is 55.0 Å². The van der Waals surface area contributed by atoms with E-state index < -0.39 is 25.8 Å². The molecule has 3 fully saturated rings. The van der Waals surface area contributed by atoms with E-state index in [1.807, 2.05) is 26.8 Å². The number of ketones is 1. The molecule has 0 saturated carbocycles.